The molecule has 4 rings (SSSR count). The van der Waals surface area contributed by atoms with Crippen molar-refractivity contribution in [2.45, 2.75) is 12.8 Å². The molecule has 1 aromatic heterocycles. The molecule has 3 aromatic rings. The van der Waals surface area contributed by atoms with E-state index in [-0.39, 0.29) is 0 Å². The molecule has 0 saturated heterocycles. The molecule has 0 unspecified atom stereocenters. The van der Waals surface area contributed by atoms with Crippen molar-refractivity contribution < 1.29 is 4.74 Å². The van der Waals surface area contributed by atoms with E-state index >= 15 is 0 Å². The molecule has 0 spiro atoms. The summed E-state index contributed by atoms with van der Waals surface area (Å²) in [6.45, 7) is 0.938. The molecule has 0 bridgehead atoms. The number of hydrogen-bond acceptors (Lipinski definition) is 5. The van der Waals surface area contributed by atoms with Crippen LogP contribution in [0.3, 0.4) is 0 Å². The molecule has 6 heteroatoms. The van der Waals surface area contributed by atoms with E-state index in [0.29, 0.717) is 16.6 Å². The second kappa shape index (κ2) is 7.22. The predicted molar refractivity (Wildman–Crippen MR) is 105 cm³/mol. The Bertz CT molecular complexity index is 931. The van der Waals surface area contributed by atoms with Crippen LogP contribution in [-0.4, -0.2) is 23.6 Å². The first-order valence-corrected chi connectivity index (χ1v) is 8.90. The highest BCUT2D eigenvalue weighted by Gasteiger charge is 2.19. The van der Waals surface area contributed by atoms with Crippen molar-refractivity contribution in [2.24, 2.45) is 0 Å². The smallest absolute Gasteiger partial charge is 0.142 e. The molecule has 1 N–H and O–H groups in total. The van der Waals surface area contributed by atoms with E-state index in [1.807, 2.05) is 18.2 Å². The summed E-state index contributed by atoms with van der Waals surface area (Å²) in [5.74, 6) is 2.27. The Kier molecular flexibility index (Phi) is 4.63. The first kappa shape index (κ1) is 16.7. The second-order valence-electron chi connectivity index (χ2n) is 6.11. The van der Waals surface area contributed by atoms with Crippen LogP contribution in [0.2, 0.25) is 5.02 Å². The van der Waals surface area contributed by atoms with Gasteiger partial charge in [-0.15, -0.1) is 0 Å². The molecule has 0 atom stereocenters. The maximum atomic E-state index is 6.11. The first-order valence-electron chi connectivity index (χ1n) is 8.52. The number of rotatable bonds is 4. The van der Waals surface area contributed by atoms with Crippen LogP contribution in [0.25, 0.3) is 0 Å². The number of aromatic nitrogens is 2. The van der Waals surface area contributed by atoms with E-state index < -0.39 is 0 Å². The highest BCUT2D eigenvalue weighted by atomic mass is 35.5. The maximum absolute atomic E-state index is 6.11. The van der Waals surface area contributed by atoms with E-state index in [9.17, 15) is 0 Å². The largest absolute Gasteiger partial charge is 0.495 e. The Labute approximate surface area is 157 Å². The SMILES string of the molecule is COc1ccc(Cl)cc1Nc1cc(N2CCCc3ccccc32)ncn1. The first-order chi connectivity index (χ1) is 12.7. The Balaban J connectivity index is 1.65. The number of aryl methyl sites for hydroxylation is 1. The molecule has 132 valence electrons. The van der Waals surface area contributed by atoms with Gasteiger partial charge in [0.15, 0.2) is 0 Å². The van der Waals surface area contributed by atoms with Crippen molar-refractivity contribution in [1.82, 2.24) is 9.97 Å². The van der Waals surface area contributed by atoms with Gasteiger partial charge in [-0.3, -0.25) is 0 Å². The van der Waals surface area contributed by atoms with Gasteiger partial charge in [0.1, 0.15) is 23.7 Å². The van der Waals surface area contributed by atoms with Crippen LogP contribution < -0.4 is 15.0 Å². The molecular weight excluding hydrogens is 348 g/mol. The van der Waals surface area contributed by atoms with Crippen molar-refractivity contribution in [1.29, 1.82) is 0 Å². The summed E-state index contributed by atoms with van der Waals surface area (Å²) in [5.41, 5.74) is 3.33. The molecule has 0 aliphatic carbocycles. The zero-order valence-electron chi connectivity index (χ0n) is 14.4. The predicted octanol–water partition coefficient (Wildman–Crippen LogP) is 4.97. The fraction of sp³-hybridized carbons (Fsp3) is 0.200. The minimum Gasteiger partial charge on any atom is -0.495 e. The second-order valence-corrected chi connectivity index (χ2v) is 6.55. The molecule has 1 aliphatic heterocycles. The standard InChI is InChI=1S/C20H19ClN4O/c1-26-18-9-8-15(21)11-16(18)24-19-12-20(23-13-22-19)25-10-4-6-14-5-2-3-7-17(14)25/h2-3,5,7-9,11-13H,4,6,10H2,1H3,(H,22,23,24). The number of anilines is 4. The van der Waals surface area contributed by atoms with Gasteiger partial charge in [-0.2, -0.15) is 0 Å². The quantitative estimate of drug-likeness (QED) is 0.706. The third kappa shape index (κ3) is 3.30. The molecule has 0 fully saturated rings. The van der Waals surface area contributed by atoms with Crippen LogP contribution in [0.15, 0.2) is 54.9 Å². The van der Waals surface area contributed by atoms with Crippen molar-refractivity contribution >= 4 is 34.6 Å². The van der Waals surface area contributed by atoms with E-state index in [1.54, 1.807) is 19.5 Å². The van der Waals surface area contributed by atoms with Gasteiger partial charge in [-0.1, -0.05) is 29.8 Å². The number of ether oxygens (including phenoxy) is 1. The summed E-state index contributed by atoms with van der Waals surface area (Å²) in [6.07, 6.45) is 3.78. The highest BCUT2D eigenvalue weighted by Crippen LogP contribution is 2.34. The van der Waals surface area contributed by atoms with Crippen molar-refractivity contribution in [3.63, 3.8) is 0 Å². The maximum Gasteiger partial charge on any atom is 0.142 e. The Morgan fingerprint density at radius 3 is 2.88 bits per heavy atom. The monoisotopic (exact) mass is 366 g/mol. The lowest BCUT2D eigenvalue weighted by molar-refractivity contribution is 0.417. The van der Waals surface area contributed by atoms with E-state index in [2.05, 4.69) is 44.5 Å². The number of hydrogen-bond donors (Lipinski definition) is 1. The van der Waals surface area contributed by atoms with Gasteiger partial charge in [0.05, 0.1) is 12.8 Å². The number of fused-ring (bicyclic) bond motifs is 1. The average Bonchev–Trinajstić information content (AvgIpc) is 2.68. The zero-order valence-corrected chi connectivity index (χ0v) is 15.2. The summed E-state index contributed by atoms with van der Waals surface area (Å²) in [4.78, 5) is 11.1. The van der Waals surface area contributed by atoms with Gasteiger partial charge < -0.3 is 15.0 Å². The van der Waals surface area contributed by atoms with Gasteiger partial charge in [-0.25, -0.2) is 9.97 Å². The third-order valence-corrected chi connectivity index (χ3v) is 4.70. The van der Waals surface area contributed by atoms with Gasteiger partial charge in [-0.05, 0) is 42.7 Å². The topological polar surface area (TPSA) is 50.3 Å². The normalized spacial score (nSPS) is 13.2. The minimum absolute atomic E-state index is 0.632. The van der Waals surface area contributed by atoms with Gasteiger partial charge >= 0.3 is 0 Å². The molecule has 0 radical (unpaired) electrons. The molecule has 5 nitrogen and oxygen atoms in total. The number of nitrogens with zero attached hydrogens (tertiary/aromatic N) is 3. The average molecular weight is 367 g/mol. The summed E-state index contributed by atoms with van der Waals surface area (Å²) in [5, 5.41) is 3.91. The van der Waals surface area contributed by atoms with Gasteiger partial charge in [0.2, 0.25) is 0 Å². The number of para-hydroxylation sites is 1. The lowest BCUT2D eigenvalue weighted by atomic mass is 10.0. The summed E-state index contributed by atoms with van der Waals surface area (Å²) in [6, 6.07) is 15.9. The Hall–Kier alpha value is -2.79. The number of methoxy groups -OCH3 is 1. The number of halogens is 1. The molecule has 2 aromatic carbocycles. The highest BCUT2D eigenvalue weighted by molar-refractivity contribution is 6.31. The van der Waals surface area contributed by atoms with Crippen LogP contribution in [-0.2, 0) is 6.42 Å². The van der Waals surface area contributed by atoms with Crippen LogP contribution in [0, 0.1) is 0 Å². The lowest BCUT2D eigenvalue weighted by Gasteiger charge is -2.30. The van der Waals surface area contributed by atoms with E-state index in [0.717, 1.165) is 30.9 Å². The van der Waals surface area contributed by atoms with Gasteiger partial charge in [0.25, 0.3) is 0 Å². The Morgan fingerprint density at radius 2 is 2.00 bits per heavy atom. The van der Waals surface area contributed by atoms with Crippen molar-refractivity contribution in [3.8, 4) is 5.75 Å². The van der Waals surface area contributed by atoms with Crippen molar-refractivity contribution in [2.75, 3.05) is 23.9 Å². The van der Waals surface area contributed by atoms with E-state index in [1.165, 1.54) is 11.3 Å². The third-order valence-electron chi connectivity index (χ3n) is 4.46. The van der Waals surface area contributed by atoms with Crippen LogP contribution >= 0.6 is 11.6 Å². The fourth-order valence-corrected chi connectivity index (χ4v) is 3.42. The summed E-state index contributed by atoms with van der Waals surface area (Å²) >= 11 is 6.11. The molecule has 26 heavy (non-hydrogen) atoms. The molecule has 2 heterocycles. The number of benzene rings is 2. The molecule has 1 aliphatic rings. The molecular formula is C20H19ClN4O. The Morgan fingerprint density at radius 1 is 1.12 bits per heavy atom. The van der Waals surface area contributed by atoms with Crippen LogP contribution in [0.4, 0.5) is 23.0 Å². The molecule has 0 amide bonds. The van der Waals surface area contributed by atoms with Crippen molar-refractivity contribution in [3.05, 3.63) is 65.4 Å². The number of nitrogens with one attached hydrogen (secondary N) is 1. The minimum atomic E-state index is 0.632. The zero-order chi connectivity index (χ0) is 17.9. The van der Waals surface area contributed by atoms with Gasteiger partial charge in [0, 0.05) is 23.3 Å². The summed E-state index contributed by atoms with van der Waals surface area (Å²) in [7, 11) is 1.63. The fourth-order valence-electron chi connectivity index (χ4n) is 3.25. The van der Waals surface area contributed by atoms with Crippen LogP contribution in [0.5, 0.6) is 5.75 Å². The summed E-state index contributed by atoms with van der Waals surface area (Å²) < 4.78 is 5.39. The van der Waals surface area contributed by atoms with Crippen LogP contribution in [0.1, 0.15) is 12.0 Å². The van der Waals surface area contributed by atoms with E-state index in [4.69, 9.17) is 16.3 Å². The molecule has 0 saturated carbocycles. The lowest BCUT2D eigenvalue weighted by Crippen LogP contribution is -2.25.